The minimum absolute atomic E-state index is 0.0592. The lowest BCUT2D eigenvalue weighted by atomic mass is 10.0. The number of Topliss-reactive ketones (excluding diaryl/α,β-unsaturated/α-hetero) is 1. The molecule has 6 N–H and O–H groups in total. The van der Waals surface area contributed by atoms with Crippen LogP contribution in [0, 0.1) is 0 Å². The van der Waals surface area contributed by atoms with Crippen LogP contribution in [0.2, 0.25) is 0 Å². The molecule has 0 heterocycles. The Morgan fingerprint density at radius 3 is 1.74 bits per heavy atom. The first kappa shape index (κ1) is 30.0. The van der Waals surface area contributed by atoms with Gasteiger partial charge >= 0.3 is 0 Å². The molecule has 7 nitrogen and oxygen atoms in total. The Hall–Kier alpha value is -1.02. The first-order valence-corrected chi connectivity index (χ1v) is 12.8. The van der Waals surface area contributed by atoms with E-state index in [0.717, 1.165) is 32.1 Å². The number of nitrogens with one attached hydrogen (secondary N) is 2. The van der Waals surface area contributed by atoms with Gasteiger partial charge < -0.3 is 11.1 Å². The van der Waals surface area contributed by atoms with E-state index in [0.29, 0.717) is 32.5 Å². The number of amides is 1. The van der Waals surface area contributed by atoms with Crippen LogP contribution in [-0.2, 0) is 9.59 Å². The molecule has 0 aliphatic carbocycles. The van der Waals surface area contributed by atoms with Crippen LogP contribution < -0.4 is 22.4 Å². The predicted molar refractivity (Wildman–Crippen MR) is 130 cm³/mol. The van der Waals surface area contributed by atoms with Gasteiger partial charge in [-0.2, -0.15) is 5.53 Å². The molecular formula is C24H51N5O2. The van der Waals surface area contributed by atoms with Gasteiger partial charge in [0.25, 0.3) is 0 Å². The van der Waals surface area contributed by atoms with E-state index in [1.165, 1.54) is 62.8 Å². The molecule has 1 unspecified atom stereocenters. The van der Waals surface area contributed by atoms with Crippen LogP contribution in [-0.4, -0.2) is 42.4 Å². The van der Waals surface area contributed by atoms with Crippen LogP contribution in [0.25, 0.3) is 0 Å². The molecule has 0 radical (unpaired) electrons. The molecule has 0 saturated carbocycles. The highest BCUT2D eigenvalue weighted by Gasteiger charge is 2.28. The average Bonchev–Trinajstić information content (AvgIpc) is 2.77. The zero-order chi connectivity index (χ0) is 23.2. The maximum atomic E-state index is 12.9. The molecule has 0 saturated heterocycles. The van der Waals surface area contributed by atoms with Gasteiger partial charge in [0.05, 0.1) is 0 Å². The first-order chi connectivity index (χ1) is 15.1. The highest BCUT2D eigenvalue weighted by Crippen LogP contribution is 2.13. The summed E-state index contributed by atoms with van der Waals surface area (Å²) in [5, 5.41) is 4.51. The van der Waals surface area contributed by atoms with Gasteiger partial charge in [-0.3, -0.25) is 20.4 Å². The summed E-state index contributed by atoms with van der Waals surface area (Å²) in [5.41, 5.74) is 8.06. The van der Waals surface area contributed by atoms with E-state index >= 15 is 0 Å². The largest absolute Gasteiger partial charge is 0.329 e. The molecular weight excluding hydrogens is 390 g/mol. The third-order valence-electron chi connectivity index (χ3n) is 5.77. The maximum Gasteiger partial charge on any atom is 0.238 e. The molecule has 0 aliphatic rings. The summed E-state index contributed by atoms with van der Waals surface area (Å²) in [6.07, 6.45) is 17.0. The van der Waals surface area contributed by atoms with Crippen LogP contribution in [0.4, 0.5) is 0 Å². The van der Waals surface area contributed by atoms with Gasteiger partial charge in [-0.15, -0.1) is 0 Å². The van der Waals surface area contributed by atoms with Crippen molar-refractivity contribution in [1.29, 1.82) is 0 Å². The van der Waals surface area contributed by atoms with Gasteiger partial charge in [0.2, 0.25) is 5.91 Å². The van der Waals surface area contributed by atoms with Crippen LogP contribution >= 0.6 is 0 Å². The van der Waals surface area contributed by atoms with Crippen molar-refractivity contribution in [3.05, 3.63) is 0 Å². The molecule has 1 amide bonds. The average molecular weight is 442 g/mol. The van der Waals surface area contributed by atoms with E-state index in [9.17, 15) is 9.59 Å². The zero-order valence-electron chi connectivity index (χ0n) is 20.4. The third-order valence-corrected chi connectivity index (χ3v) is 5.77. The second kappa shape index (κ2) is 22.2. The Morgan fingerprint density at radius 2 is 1.26 bits per heavy atom. The smallest absolute Gasteiger partial charge is 0.238 e. The number of nitrogens with two attached hydrogens (primary N) is 2. The van der Waals surface area contributed by atoms with Gasteiger partial charge in [0.15, 0.2) is 5.78 Å². The second-order valence-corrected chi connectivity index (χ2v) is 8.61. The number of carbonyl (C=O) groups is 2. The highest BCUT2D eigenvalue weighted by molar-refractivity contribution is 5.89. The summed E-state index contributed by atoms with van der Waals surface area (Å²) >= 11 is 0. The summed E-state index contributed by atoms with van der Waals surface area (Å²) < 4.78 is 0. The van der Waals surface area contributed by atoms with E-state index < -0.39 is 6.04 Å². The monoisotopic (exact) mass is 441 g/mol. The van der Waals surface area contributed by atoms with Crippen molar-refractivity contribution in [3.8, 4) is 0 Å². The molecule has 0 aromatic carbocycles. The van der Waals surface area contributed by atoms with E-state index in [1.807, 2.05) is 0 Å². The van der Waals surface area contributed by atoms with Gasteiger partial charge in [-0.1, -0.05) is 90.9 Å². The number of carbonyl (C=O) groups excluding carboxylic acids is 2. The normalized spacial score (nSPS) is 12.1. The van der Waals surface area contributed by atoms with Crippen molar-refractivity contribution in [1.82, 2.24) is 15.9 Å². The SMILES string of the molecule is CCCCCCCCCC(=O)C(CNCCN)N(NN)C(=O)CCCCCCCCC. The number of unbranched alkanes of at least 4 members (excludes halogenated alkanes) is 12. The Kier molecular flexibility index (Phi) is 21.5. The summed E-state index contributed by atoms with van der Waals surface area (Å²) in [6, 6.07) is -0.589. The number of rotatable bonds is 23. The van der Waals surface area contributed by atoms with Gasteiger partial charge in [0.1, 0.15) is 6.04 Å². The molecule has 184 valence electrons. The third kappa shape index (κ3) is 16.3. The number of nitrogens with zero attached hydrogens (tertiary/aromatic N) is 1. The first-order valence-electron chi connectivity index (χ1n) is 12.8. The number of ketones is 1. The molecule has 0 bridgehead atoms. The van der Waals surface area contributed by atoms with Crippen LogP contribution in [0.3, 0.4) is 0 Å². The Morgan fingerprint density at radius 1 is 0.774 bits per heavy atom. The van der Waals surface area contributed by atoms with Gasteiger partial charge in [-0.05, 0) is 12.8 Å². The minimum Gasteiger partial charge on any atom is -0.329 e. The molecule has 0 aromatic heterocycles. The van der Waals surface area contributed by atoms with Crippen LogP contribution in [0.1, 0.15) is 117 Å². The van der Waals surface area contributed by atoms with Crippen LogP contribution in [0.5, 0.6) is 0 Å². The lowest BCUT2D eigenvalue weighted by Gasteiger charge is -2.30. The summed E-state index contributed by atoms with van der Waals surface area (Å²) in [4.78, 5) is 25.6. The lowest BCUT2D eigenvalue weighted by molar-refractivity contribution is -0.143. The number of hydrogen-bond acceptors (Lipinski definition) is 6. The van der Waals surface area contributed by atoms with Crippen LogP contribution in [0.15, 0.2) is 0 Å². The zero-order valence-corrected chi connectivity index (χ0v) is 20.4. The Bertz CT molecular complexity index is 434. The van der Waals surface area contributed by atoms with E-state index in [-0.39, 0.29) is 11.7 Å². The van der Waals surface area contributed by atoms with Crippen molar-refractivity contribution in [2.45, 2.75) is 123 Å². The van der Waals surface area contributed by atoms with Crippen molar-refractivity contribution in [2.75, 3.05) is 19.6 Å². The second-order valence-electron chi connectivity index (χ2n) is 8.61. The fourth-order valence-corrected chi connectivity index (χ4v) is 3.80. The molecule has 0 aromatic rings. The van der Waals surface area contributed by atoms with E-state index in [4.69, 9.17) is 11.6 Å². The van der Waals surface area contributed by atoms with Crippen molar-refractivity contribution in [2.24, 2.45) is 11.6 Å². The molecule has 0 spiro atoms. The fourth-order valence-electron chi connectivity index (χ4n) is 3.80. The minimum atomic E-state index is -0.589. The number of hydrazine groups is 2. The van der Waals surface area contributed by atoms with Gasteiger partial charge in [0, 0.05) is 32.5 Å². The summed E-state index contributed by atoms with van der Waals surface area (Å²) in [5.74, 6) is 5.63. The lowest BCUT2D eigenvalue weighted by Crippen LogP contribution is -2.58. The van der Waals surface area contributed by atoms with Crippen molar-refractivity contribution < 1.29 is 9.59 Å². The summed E-state index contributed by atoms with van der Waals surface area (Å²) in [6.45, 7) is 5.89. The maximum absolute atomic E-state index is 12.9. The molecule has 0 aliphatic heterocycles. The molecule has 1 atom stereocenters. The van der Waals surface area contributed by atoms with Crippen molar-refractivity contribution >= 4 is 11.7 Å². The highest BCUT2D eigenvalue weighted by atomic mass is 16.2. The predicted octanol–water partition coefficient (Wildman–Crippen LogP) is 3.96. The molecule has 7 heteroatoms. The van der Waals surface area contributed by atoms with E-state index in [1.54, 1.807) is 0 Å². The van der Waals surface area contributed by atoms with Gasteiger partial charge in [-0.25, -0.2) is 0 Å². The molecule has 0 rings (SSSR count). The summed E-state index contributed by atoms with van der Waals surface area (Å²) in [7, 11) is 0. The van der Waals surface area contributed by atoms with E-state index in [2.05, 4.69) is 24.7 Å². The molecule has 0 fully saturated rings. The molecule has 31 heavy (non-hydrogen) atoms. The topological polar surface area (TPSA) is 113 Å². The van der Waals surface area contributed by atoms with Crippen molar-refractivity contribution in [3.63, 3.8) is 0 Å². The Balaban J connectivity index is 4.49. The Labute approximate surface area is 191 Å². The quantitative estimate of drug-likeness (QED) is 0.108. The fraction of sp³-hybridized carbons (Fsp3) is 0.917. The standard InChI is InChI=1S/C24H51N5O2/c1-3-5-7-9-11-13-15-17-23(30)22(21-27-20-19-25)29(28-26)24(31)18-16-14-12-10-8-6-4-2/h22,27-28H,3-21,25-26H2,1-2H3. The number of hydrogen-bond donors (Lipinski definition) is 4.